The second kappa shape index (κ2) is 6.46. The van der Waals surface area contributed by atoms with Crippen molar-refractivity contribution in [2.24, 2.45) is 17.8 Å². The first kappa shape index (κ1) is 15.1. The maximum atomic E-state index is 12.0. The number of rotatable bonds is 6. The van der Waals surface area contributed by atoms with Crippen molar-refractivity contribution in [3.05, 3.63) is 0 Å². The quantitative estimate of drug-likeness (QED) is 0.700. The number of hydrogen-bond donors (Lipinski definition) is 3. The summed E-state index contributed by atoms with van der Waals surface area (Å²) in [6.07, 6.45) is 6.16. The largest absolute Gasteiger partial charge is 0.481 e. The molecule has 0 heterocycles. The van der Waals surface area contributed by atoms with Crippen molar-refractivity contribution in [3.8, 4) is 0 Å². The van der Waals surface area contributed by atoms with Crippen LogP contribution in [0.1, 0.15) is 52.4 Å². The topological polar surface area (TPSA) is 78.4 Å². The number of hydrogen-bond acceptors (Lipinski definition) is 2. The van der Waals surface area contributed by atoms with Crippen LogP contribution in [0.3, 0.4) is 0 Å². The Morgan fingerprint density at radius 3 is 2.65 bits per heavy atom. The van der Waals surface area contributed by atoms with Crippen LogP contribution in [0.15, 0.2) is 0 Å². The number of unbranched alkanes of at least 4 members (excludes halogenated alkanes) is 1. The Morgan fingerprint density at radius 1 is 1.30 bits per heavy atom. The predicted molar refractivity (Wildman–Crippen MR) is 76.4 cm³/mol. The third-order valence-corrected chi connectivity index (χ3v) is 4.87. The van der Waals surface area contributed by atoms with E-state index >= 15 is 0 Å². The van der Waals surface area contributed by atoms with Gasteiger partial charge in [0, 0.05) is 12.1 Å². The lowest BCUT2D eigenvalue weighted by molar-refractivity contribution is -0.144. The molecule has 5 unspecified atom stereocenters. The van der Waals surface area contributed by atoms with Gasteiger partial charge in [-0.05, 0) is 44.4 Å². The maximum Gasteiger partial charge on any atom is 0.315 e. The Kier molecular flexibility index (Phi) is 4.89. The van der Waals surface area contributed by atoms with E-state index in [4.69, 9.17) is 0 Å². The van der Waals surface area contributed by atoms with E-state index < -0.39 is 11.9 Å². The highest BCUT2D eigenvalue weighted by Gasteiger charge is 2.51. The summed E-state index contributed by atoms with van der Waals surface area (Å²) in [5.74, 6) is -0.565. The number of aliphatic carboxylic acids is 1. The lowest BCUT2D eigenvalue weighted by Crippen LogP contribution is -2.51. The summed E-state index contributed by atoms with van der Waals surface area (Å²) < 4.78 is 0. The van der Waals surface area contributed by atoms with E-state index in [0.29, 0.717) is 5.92 Å². The Bertz CT molecular complexity index is 372. The number of carbonyl (C=O) groups excluding carboxylic acids is 1. The highest BCUT2D eigenvalue weighted by molar-refractivity contribution is 5.77. The lowest BCUT2D eigenvalue weighted by atomic mass is 9.84. The van der Waals surface area contributed by atoms with Gasteiger partial charge in [-0.1, -0.05) is 19.8 Å². The molecule has 2 amide bonds. The molecule has 0 aromatic rings. The van der Waals surface area contributed by atoms with Crippen molar-refractivity contribution in [3.63, 3.8) is 0 Å². The zero-order valence-corrected chi connectivity index (χ0v) is 12.4. The lowest BCUT2D eigenvalue weighted by Gasteiger charge is -2.29. The molecule has 2 saturated carbocycles. The minimum absolute atomic E-state index is 0.136. The van der Waals surface area contributed by atoms with Crippen molar-refractivity contribution in [1.29, 1.82) is 0 Å². The van der Waals surface area contributed by atoms with Gasteiger partial charge in [-0.15, -0.1) is 0 Å². The number of carboxylic acid groups (broad SMARTS) is 1. The average molecular weight is 282 g/mol. The van der Waals surface area contributed by atoms with Gasteiger partial charge in [0.1, 0.15) is 0 Å². The van der Waals surface area contributed by atoms with Crippen LogP contribution in [-0.2, 0) is 4.79 Å². The van der Waals surface area contributed by atoms with Crippen LogP contribution in [0, 0.1) is 17.8 Å². The first-order valence-electron chi connectivity index (χ1n) is 7.82. The van der Waals surface area contributed by atoms with Gasteiger partial charge in [0.25, 0.3) is 0 Å². The van der Waals surface area contributed by atoms with Gasteiger partial charge in [0.05, 0.1) is 5.92 Å². The second-order valence-electron chi connectivity index (χ2n) is 6.38. The van der Waals surface area contributed by atoms with E-state index in [2.05, 4.69) is 17.6 Å². The highest BCUT2D eigenvalue weighted by Crippen LogP contribution is 2.48. The van der Waals surface area contributed by atoms with Gasteiger partial charge in [0.2, 0.25) is 0 Å². The van der Waals surface area contributed by atoms with Crippen LogP contribution < -0.4 is 10.6 Å². The molecule has 2 fully saturated rings. The molecular formula is C15H26N2O3. The summed E-state index contributed by atoms with van der Waals surface area (Å²) in [4.78, 5) is 23.4. The zero-order chi connectivity index (χ0) is 14.7. The summed E-state index contributed by atoms with van der Waals surface area (Å²) in [5, 5.41) is 15.2. The average Bonchev–Trinajstić information content (AvgIpc) is 2.96. The Balaban J connectivity index is 1.85. The molecule has 0 spiro atoms. The summed E-state index contributed by atoms with van der Waals surface area (Å²) >= 11 is 0. The number of urea groups is 1. The second-order valence-corrected chi connectivity index (χ2v) is 6.38. The molecule has 0 radical (unpaired) electrons. The summed E-state index contributed by atoms with van der Waals surface area (Å²) in [5.41, 5.74) is 0. The number of carbonyl (C=O) groups is 2. The smallest absolute Gasteiger partial charge is 0.315 e. The molecule has 0 saturated heterocycles. The molecule has 2 bridgehead atoms. The molecule has 3 N–H and O–H groups in total. The van der Waals surface area contributed by atoms with E-state index in [-0.39, 0.29) is 24.0 Å². The molecule has 5 heteroatoms. The molecule has 0 aromatic heterocycles. The fourth-order valence-corrected chi connectivity index (χ4v) is 3.85. The van der Waals surface area contributed by atoms with Crippen molar-refractivity contribution in [2.75, 3.05) is 0 Å². The molecule has 2 aliphatic carbocycles. The van der Waals surface area contributed by atoms with Crippen molar-refractivity contribution in [2.45, 2.75) is 64.5 Å². The zero-order valence-electron chi connectivity index (χ0n) is 12.4. The molecular weight excluding hydrogens is 256 g/mol. The highest BCUT2D eigenvalue weighted by atomic mass is 16.4. The molecule has 2 aliphatic rings. The van der Waals surface area contributed by atoms with Crippen molar-refractivity contribution >= 4 is 12.0 Å². The molecule has 0 aromatic carbocycles. The molecule has 5 atom stereocenters. The molecule has 5 nitrogen and oxygen atoms in total. The standard InChI is InChI=1S/C15H26N2O3/c1-3-4-5-9(2)16-15(20)17-13-11-7-6-10(8-11)12(13)14(18)19/h9-13H,3-8H2,1-2H3,(H,18,19)(H2,16,17,20). The predicted octanol–water partition coefficient (Wildman–Crippen LogP) is 2.36. The summed E-state index contributed by atoms with van der Waals surface area (Å²) in [6, 6.07) is -0.265. The maximum absolute atomic E-state index is 12.0. The number of nitrogens with one attached hydrogen (secondary N) is 2. The number of amides is 2. The first-order chi connectivity index (χ1) is 9.52. The summed E-state index contributed by atoms with van der Waals surface area (Å²) in [7, 11) is 0. The molecule has 20 heavy (non-hydrogen) atoms. The van der Waals surface area contributed by atoms with Crippen LogP contribution in [-0.4, -0.2) is 29.2 Å². The van der Waals surface area contributed by atoms with Crippen LogP contribution in [0.25, 0.3) is 0 Å². The van der Waals surface area contributed by atoms with E-state index in [9.17, 15) is 14.7 Å². The van der Waals surface area contributed by atoms with E-state index in [1.54, 1.807) is 0 Å². The molecule has 2 rings (SSSR count). The van der Waals surface area contributed by atoms with Gasteiger partial charge < -0.3 is 15.7 Å². The minimum Gasteiger partial charge on any atom is -0.481 e. The fraction of sp³-hybridized carbons (Fsp3) is 0.867. The SMILES string of the molecule is CCCCC(C)NC(=O)NC1C2CCC(C2)C1C(=O)O. The fourth-order valence-electron chi connectivity index (χ4n) is 3.85. The van der Waals surface area contributed by atoms with Crippen LogP contribution in [0.4, 0.5) is 4.79 Å². The van der Waals surface area contributed by atoms with Crippen LogP contribution >= 0.6 is 0 Å². The van der Waals surface area contributed by atoms with Gasteiger partial charge in [-0.25, -0.2) is 4.79 Å². The first-order valence-corrected chi connectivity index (χ1v) is 7.82. The van der Waals surface area contributed by atoms with Gasteiger partial charge in [0.15, 0.2) is 0 Å². The van der Waals surface area contributed by atoms with Crippen molar-refractivity contribution < 1.29 is 14.7 Å². The van der Waals surface area contributed by atoms with Gasteiger partial charge in [-0.2, -0.15) is 0 Å². The third kappa shape index (κ3) is 3.25. The minimum atomic E-state index is -0.762. The van der Waals surface area contributed by atoms with Gasteiger partial charge in [-0.3, -0.25) is 4.79 Å². The molecule has 0 aliphatic heterocycles. The number of carboxylic acids is 1. The van der Waals surface area contributed by atoms with Crippen LogP contribution in [0.2, 0.25) is 0 Å². The third-order valence-electron chi connectivity index (χ3n) is 4.87. The van der Waals surface area contributed by atoms with Crippen LogP contribution in [0.5, 0.6) is 0 Å². The van der Waals surface area contributed by atoms with Gasteiger partial charge >= 0.3 is 12.0 Å². The van der Waals surface area contributed by atoms with E-state index in [1.165, 1.54) is 0 Å². The van der Waals surface area contributed by atoms with E-state index in [1.807, 2.05) is 6.92 Å². The Labute approximate surface area is 120 Å². The molecule has 114 valence electrons. The normalized spacial score (nSPS) is 32.9. The summed E-state index contributed by atoms with van der Waals surface area (Å²) in [6.45, 7) is 4.12. The number of fused-ring (bicyclic) bond motifs is 2. The Morgan fingerprint density at radius 2 is 2.00 bits per heavy atom. The Hall–Kier alpha value is -1.26. The van der Waals surface area contributed by atoms with Crippen molar-refractivity contribution in [1.82, 2.24) is 10.6 Å². The van der Waals surface area contributed by atoms with E-state index in [0.717, 1.165) is 38.5 Å². The monoisotopic (exact) mass is 282 g/mol.